The van der Waals surface area contributed by atoms with Gasteiger partial charge in [0.1, 0.15) is 16.6 Å². The summed E-state index contributed by atoms with van der Waals surface area (Å²) in [5.74, 6) is 0.444. The number of rotatable bonds is 2. The second-order valence-corrected chi connectivity index (χ2v) is 14.0. The molecule has 1 aliphatic carbocycles. The Labute approximate surface area is 281 Å². The maximum absolute atomic E-state index is 2.64. The van der Waals surface area contributed by atoms with Crippen LogP contribution in [0.4, 0.5) is 5.69 Å². The van der Waals surface area contributed by atoms with Crippen LogP contribution in [0.2, 0.25) is 0 Å². The highest BCUT2D eigenvalue weighted by atomic mass is 15.5. The number of benzene rings is 7. The molecule has 7 aromatic carbocycles. The molecule has 0 fully saturated rings. The summed E-state index contributed by atoms with van der Waals surface area (Å²) < 4.78 is 7.67. The van der Waals surface area contributed by atoms with Crippen LogP contribution >= 0.6 is 0 Å². The maximum Gasteiger partial charge on any atom is 0.258 e. The molecule has 49 heavy (non-hydrogen) atoms. The van der Waals surface area contributed by atoms with Gasteiger partial charge in [0.05, 0.1) is 16.6 Å². The van der Waals surface area contributed by atoms with Crippen LogP contribution in [0.1, 0.15) is 23.6 Å². The molecule has 1 unspecified atom stereocenters. The van der Waals surface area contributed by atoms with E-state index in [9.17, 15) is 0 Å². The third-order valence-electron chi connectivity index (χ3n) is 11.3. The standard InChI is InChI=1S/C46H30N3/c1-27-23-36-35-25-29-15-5-6-16-30(29)26-40(35)47-44(36)37(24-27)42-32-18-8-7-17-31(32)41-33-19-9-11-21-38(33)49(46(41)45(42)47)48-39-22-12-10-20-34(39)43(48)28-13-3-2-4-14-28/h2-23,25-27H,24H2,1H3/q+1. The molecule has 0 bridgehead atoms. The van der Waals surface area contributed by atoms with Crippen molar-refractivity contribution in [3.63, 3.8) is 0 Å². The molecule has 0 saturated carbocycles. The highest BCUT2D eigenvalue weighted by Crippen LogP contribution is 2.47. The molecule has 12 rings (SSSR count). The van der Waals surface area contributed by atoms with E-state index in [1.807, 2.05) is 0 Å². The van der Waals surface area contributed by atoms with Crippen LogP contribution in [-0.4, -0.2) is 14.8 Å². The molecule has 3 aromatic heterocycles. The SMILES string of the molecule is CC1C=c2c3cc4ccccc4cc3n3c2c(c2c4ccccc4c4c5ccccc5n([N+]5=C(c6ccccc6)c6ccccc65)c4c23)C1. The van der Waals surface area contributed by atoms with Crippen molar-refractivity contribution >= 4 is 88.1 Å². The van der Waals surface area contributed by atoms with E-state index >= 15 is 0 Å². The van der Waals surface area contributed by atoms with E-state index in [2.05, 4.69) is 166 Å². The zero-order valence-electron chi connectivity index (χ0n) is 27.0. The first kappa shape index (κ1) is 25.8. The van der Waals surface area contributed by atoms with Gasteiger partial charge in [-0.15, -0.1) is 4.68 Å². The van der Waals surface area contributed by atoms with E-state index in [0.717, 1.165) is 6.42 Å². The molecule has 0 spiro atoms. The summed E-state index contributed by atoms with van der Waals surface area (Å²) in [4.78, 5) is 0. The number of nitrogens with zero attached hydrogens (tertiary/aromatic N) is 3. The first-order valence-electron chi connectivity index (χ1n) is 17.4. The van der Waals surface area contributed by atoms with Crippen LogP contribution in [0, 0.1) is 5.92 Å². The molecule has 2 aliphatic rings. The van der Waals surface area contributed by atoms with E-state index in [1.165, 1.54) is 104 Å². The molecule has 0 amide bonds. The second kappa shape index (κ2) is 9.03. The lowest BCUT2D eigenvalue weighted by Crippen LogP contribution is -2.37. The summed E-state index contributed by atoms with van der Waals surface area (Å²) in [5, 5.41) is 12.0. The fourth-order valence-electron chi connectivity index (χ4n) is 9.41. The minimum Gasteiger partial charge on any atom is -0.306 e. The summed E-state index contributed by atoms with van der Waals surface area (Å²) >= 11 is 0. The topological polar surface area (TPSA) is 12.3 Å². The van der Waals surface area contributed by atoms with Gasteiger partial charge in [-0.1, -0.05) is 115 Å². The molecule has 1 atom stereocenters. The molecule has 0 radical (unpaired) electrons. The molecule has 0 saturated heterocycles. The highest BCUT2D eigenvalue weighted by Gasteiger charge is 2.41. The molecule has 3 heteroatoms. The van der Waals surface area contributed by atoms with Gasteiger partial charge in [-0.25, -0.2) is 0 Å². The summed E-state index contributed by atoms with van der Waals surface area (Å²) in [7, 11) is 0. The van der Waals surface area contributed by atoms with Crippen molar-refractivity contribution in [2.75, 3.05) is 0 Å². The average Bonchev–Trinajstić information content (AvgIpc) is 3.76. The molecular formula is C46H30N3+. The first-order chi connectivity index (χ1) is 24.3. The summed E-state index contributed by atoms with van der Waals surface area (Å²) in [6, 6.07) is 51.6. The Morgan fingerprint density at radius 3 is 2.08 bits per heavy atom. The van der Waals surface area contributed by atoms with E-state index in [4.69, 9.17) is 0 Å². The molecule has 10 aromatic rings. The van der Waals surface area contributed by atoms with Crippen molar-refractivity contribution in [1.29, 1.82) is 0 Å². The number of hydrogen-bond acceptors (Lipinski definition) is 0. The van der Waals surface area contributed by atoms with E-state index in [0.29, 0.717) is 5.92 Å². The smallest absolute Gasteiger partial charge is 0.258 e. The number of fused-ring (bicyclic) bond motifs is 15. The zero-order valence-corrected chi connectivity index (χ0v) is 27.0. The Morgan fingerprint density at radius 1 is 0.571 bits per heavy atom. The van der Waals surface area contributed by atoms with Gasteiger partial charge in [0.15, 0.2) is 0 Å². The maximum atomic E-state index is 2.64. The van der Waals surface area contributed by atoms with Crippen LogP contribution in [-0.2, 0) is 6.42 Å². The van der Waals surface area contributed by atoms with E-state index in [-0.39, 0.29) is 0 Å². The van der Waals surface area contributed by atoms with Gasteiger partial charge in [0, 0.05) is 38.4 Å². The van der Waals surface area contributed by atoms with Crippen molar-refractivity contribution in [1.82, 2.24) is 13.8 Å². The minimum atomic E-state index is 0.444. The average molecular weight is 625 g/mol. The van der Waals surface area contributed by atoms with Gasteiger partial charge in [0.25, 0.3) is 11.4 Å². The Balaban J connectivity index is 1.40. The highest BCUT2D eigenvalue weighted by molar-refractivity contribution is 6.34. The lowest BCUT2D eigenvalue weighted by Gasteiger charge is -2.21. The van der Waals surface area contributed by atoms with Crippen molar-refractivity contribution in [2.24, 2.45) is 5.92 Å². The monoisotopic (exact) mass is 624 g/mol. The Morgan fingerprint density at radius 2 is 1.24 bits per heavy atom. The van der Waals surface area contributed by atoms with Gasteiger partial charge in [-0.2, -0.15) is 0 Å². The quantitative estimate of drug-likeness (QED) is 0.170. The largest absolute Gasteiger partial charge is 0.306 e. The number of para-hydroxylation sites is 2. The Kier molecular flexibility index (Phi) is 4.76. The lowest BCUT2D eigenvalue weighted by atomic mass is 9.90. The molecule has 228 valence electrons. The molecule has 1 aliphatic heterocycles. The molecule has 0 N–H and O–H groups in total. The third kappa shape index (κ3) is 3.12. The minimum absolute atomic E-state index is 0.444. The van der Waals surface area contributed by atoms with Gasteiger partial charge >= 0.3 is 0 Å². The third-order valence-corrected chi connectivity index (χ3v) is 11.3. The normalized spacial score (nSPS) is 15.7. The molecule has 4 heterocycles. The van der Waals surface area contributed by atoms with Crippen molar-refractivity contribution in [2.45, 2.75) is 13.3 Å². The fraction of sp³-hybridized carbons (Fsp3) is 0.0652. The molecular weight excluding hydrogens is 595 g/mol. The summed E-state index contributed by atoms with van der Waals surface area (Å²) in [6.07, 6.45) is 3.56. The van der Waals surface area contributed by atoms with E-state index < -0.39 is 0 Å². The van der Waals surface area contributed by atoms with Crippen LogP contribution in [0.5, 0.6) is 0 Å². The predicted molar refractivity (Wildman–Crippen MR) is 206 cm³/mol. The van der Waals surface area contributed by atoms with Crippen LogP contribution in [0.25, 0.3) is 76.7 Å². The van der Waals surface area contributed by atoms with Crippen LogP contribution in [0.3, 0.4) is 0 Å². The zero-order chi connectivity index (χ0) is 32.0. The van der Waals surface area contributed by atoms with Crippen LogP contribution in [0.15, 0.2) is 140 Å². The van der Waals surface area contributed by atoms with Crippen molar-refractivity contribution in [3.8, 4) is 0 Å². The first-order valence-corrected chi connectivity index (χ1v) is 17.4. The summed E-state index contributed by atoms with van der Waals surface area (Å²) in [5.41, 5.74) is 12.9. The van der Waals surface area contributed by atoms with Gasteiger partial charge in [-0.05, 0) is 75.8 Å². The van der Waals surface area contributed by atoms with Crippen molar-refractivity contribution in [3.05, 3.63) is 161 Å². The van der Waals surface area contributed by atoms with Gasteiger partial charge < -0.3 is 4.40 Å². The van der Waals surface area contributed by atoms with Gasteiger partial charge in [0.2, 0.25) is 0 Å². The number of aromatic nitrogens is 2. The number of hydrogen-bond donors (Lipinski definition) is 0. The second-order valence-electron chi connectivity index (χ2n) is 14.0. The van der Waals surface area contributed by atoms with Crippen molar-refractivity contribution < 1.29 is 0 Å². The summed E-state index contributed by atoms with van der Waals surface area (Å²) in [6.45, 7) is 2.38. The Bertz CT molecular complexity index is 3190. The van der Waals surface area contributed by atoms with Crippen LogP contribution < -0.4 is 9.90 Å². The molecule has 3 nitrogen and oxygen atoms in total. The fourth-order valence-corrected chi connectivity index (χ4v) is 9.41. The van der Waals surface area contributed by atoms with E-state index in [1.54, 1.807) is 0 Å². The lowest BCUT2D eigenvalue weighted by molar-refractivity contribution is 0.684. The predicted octanol–water partition coefficient (Wildman–Crippen LogP) is 10.2. The Hall–Kier alpha value is -6.19. The van der Waals surface area contributed by atoms with Gasteiger partial charge in [-0.3, -0.25) is 0 Å².